The molecule has 5 heteroatoms. The number of aliphatic hydroxyl groups excluding tert-OH is 1. The van der Waals surface area contributed by atoms with Crippen molar-refractivity contribution in [2.75, 3.05) is 0 Å². The highest BCUT2D eigenvalue weighted by Crippen LogP contribution is 2.20. The molecule has 1 heterocycles. The maximum Gasteiger partial charge on any atom is 0.303 e. The van der Waals surface area contributed by atoms with Crippen molar-refractivity contribution >= 4 is 17.3 Å². The number of hydrogen-bond donors (Lipinski definition) is 2. The van der Waals surface area contributed by atoms with Gasteiger partial charge < -0.3 is 10.2 Å². The van der Waals surface area contributed by atoms with E-state index in [9.17, 15) is 9.90 Å². The molecule has 1 atom stereocenters. The van der Waals surface area contributed by atoms with Gasteiger partial charge in [-0.15, -0.1) is 11.3 Å². The predicted molar refractivity (Wildman–Crippen MR) is 43.9 cm³/mol. The molecule has 0 amide bonds. The third-order valence-corrected chi connectivity index (χ3v) is 2.29. The van der Waals surface area contributed by atoms with E-state index in [-0.39, 0.29) is 12.8 Å². The number of rotatable bonds is 4. The first-order valence-corrected chi connectivity index (χ1v) is 4.36. The zero-order valence-electron chi connectivity index (χ0n) is 6.30. The lowest BCUT2D eigenvalue weighted by Crippen LogP contribution is -2.00. The fourth-order valence-electron chi connectivity index (χ4n) is 0.793. The van der Waals surface area contributed by atoms with Gasteiger partial charge in [0.05, 0.1) is 16.5 Å². The summed E-state index contributed by atoms with van der Waals surface area (Å²) in [6.45, 7) is 0. The Balaban J connectivity index is 2.39. The quantitative estimate of drug-likeness (QED) is 0.738. The first-order valence-electron chi connectivity index (χ1n) is 3.48. The highest BCUT2D eigenvalue weighted by atomic mass is 32.1. The smallest absolute Gasteiger partial charge is 0.303 e. The van der Waals surface area contributed by atoms with Crippen LogP contribution in [0.2, 0.25) is 0 Å². The minimum absolute atomic E-state index is 0.0148. The molecule has 1 aromatic rings. The van der Waals surface area contributed by atoms with Crippen LogP contribution in [-0.2, 0) is 4.79 Å². The lowest BCUT2D eigenvalue weighted by molar-refractivity contribution is -0.137. The van der Waals surface area contributed by atoms with E-state index in [0.717, 1.165) is 4.88 Å². The molecule has 2 N–H and O–H groups in total. The van der Waals surface area contributed by atoms with Gasteiger partial charge in [-0.05, 0) is 6.42 Å². The number of hydrogen-bond acceptors (Lipinski definition) is 4. The Bertz CT molecular complexity index is 247. The lowest BCUT2D eigenvalue weighted by atomic mass is 10.2. The Morgan fingerprint density at radius 2 is 2.50 bits per heavy atom. The van der Waals surface area contributed by atoms with Crippen LogP contribution >= 0.6 is 11.3 Å². The number of aliphatic hydroxyl groups is 1. The second-order valence-electron chi connectivity index (χ2n) is 2.35. The summed E-state index contributed by atoms with van der Waals surface area (Å²) < 4.78 is 0. The number of aliphatic carboxylic acids is 1. The van der Waals surface area contributed by atoms with E-state index in [1.807, 2.05) is 0 Å². The number of aromatic nitrogens is 1. The van der Waals surface area contributed by atoms with Crippen LogP contribution in [0.1, 0.15) is 23.8 Å². The molecule has 66 valence electrons. The summed E-state index contributed by atoms with van der Waals surface area (Å²) in [5.74, 6) is -0.890. The average Bonchev–Trinajstić information content (AvgIpc) is 2.51. The minimum Gasteiger partial charge on any atom is -0.481 e. The Hall–Kier alpha value is -0.940. The SMILES string of the molecule is O=C(O)CCC(O)c1cncs1. The molecule has 4 nitrogen and oxygen atoms in total. The summed E-state index contributed by atoms with van der Waals surface area (Å²) in [5.41, 5.74) is 1.61. The van der Waals surface area contributed by atoms with Gasteiger partial charge in [-0.25, -0.2) is 0 Å². The monoisotopic (exact) mass is 187 g/mol. The molecule has 0 aliphatic rings. The number of carbonyl (C=O) groups is 1. The van der Waals surface area contributed by atoms with Crippen molar-refractivity contribution in [2.24, 2.45) is 0 Å². The molecule has 0 saturated carbocycles. The van der Waals surface area contributed by atoms with Crippen LogP contribution in [0.3, 0.4) is 0 Å². The van der Waals surface area contributed by atoms with Crippen LogP contribution < -0.4 is 0 Å². The maximum absolute atomic E-state index is 10.2. The highest BCUT2D eigenvalue weighted by molar-refractivity contribution is 7.09. The zero-order valence-corrected chi connectivity index (χ0v) is 7.12. The second kappa shape index (κ2) is 4.18. The average molecular weight is 187 g/mol. The Labute approximate surface area is 73.5 Å². The molecule has 1 aromatic heterocycles. The molecular formula is C7H9NO3S. The van der Waals surface area contributed by atoms with E-state index in [4.69, 9.17) is 5.11 Å². The number of carboxylic acid groups (broad SMARTS) is 1. The normalized spacial score (nSPS) is 12.8. The first kappa shape index (κ1) is 9.15. The molecule has 12 heavy (non-hydrogen) atoms. The third-order valence-electron chi connectivity index (χ3n) is 1.41. The molecule has 0 saturated heterocycles. The van der Waals surface area contributed by atoms with Crippen molar-refractivity contribution in [3.63, 3.8) is 0 Å². The first-order chi connectivity index (χ1) is 5.70. The van der Waals surface area contributed by atoms with Gasteiger partial charge in [-0.2, -0.15) is 0 Å². The Morgan fingerprint density at radius 3 is 3.00 bits per heavy atom. The largest absolute Gasteiger partial charge is 0.481 e. The van der Waals surface area contributed by atoms with E-state index < -0.39 is 12.1 Å². The van der Waals surface area contributed by atoms with Gasteiger partial charge in [-0.1, -0.05) is 0 Å². The van der Waals surface area contributed by atoms with Crippen LogP contribution in [0.4, 0.5) is 0 Å². The van der Waals surface area contributed by atoms with E-state index in [1.54, 1.807) is 11.7 Å². The standard InChI is InChI=1S/C7H9NO3S/c9-5(1-2-7(10)11)6-3-8-4-12-6/h3-5,9H,1-2H2,(H,10,11). The number of carboxylic acids is 1. The van der Waals surface area contributed by atoms with Gasteiger partial charge >= 0.3 is 5.97 Å². The van der Waals surface area contributed by atoms with Crippen molar-refractivity contribution in [1.29, 1.82) is 0 Å². The van der Waals surface area contributed by atoms with Gasteiger partial charge in [0.25, 0.3) is 0 Å². The van der Waals surface area contributed by atoms with E-state index in [0.29, 0.717) is 0 Å². The highest BCUT2D eigenvalue weighted by Gasteiger charge is 2.10. The van der Waals surface area contributed by atoms with E-state index in [2.05, 4.69) is 4.98 Å². The summed E-state index contributed by atoms with van der Waals surface area (Å²) >= 11 is 1.33. The topological polar surface area (TPSA) is 70.4 Å². The van der Waals surface area contributed by atoms with Crippen LogP contribution in [-0.4, -0.2) is 21.2 Å². The van der Waals surface area contributed by atoms with Crippen LogP contribution in [0.25, 0.3) is 0 Å². The molecule has 0 spiro atoms. The van der Waals surface area contributed by atoms with Crippen LogP contribution in [0, 0.1) is 0 Å². The Morgan fingerprint density at radius 1 is 1.75 bits per heavy atom. The Kier molecular flexibility index (Phi) is 3.19. The molecule has 0 aromatic carbocycles. The van der Waals surface area contributed by atoms with Crippen molar-refractivity contribution in [3.8, 4) is 0 Å². The molecule has 0 aliphatic carbocycles. The minimum atomic E-state index is -0.890. The van der Waals surface area contributed by atoms with Crippen molar-refractivity contribution in [1.82, 2.24) is 4.98 Å². The molecule has 1 unspecified atom stereocenters. The van der Waals surface area contributed by atoms with E-state index >= 15 is 0 Å². The van der Waals surface area contributed by atoms with Gasteiger partial charge in [0, 0.05) is 12.6 Å². The van der Waals surface area contributed by atoms with Crippen molar-refractivity contribution in [3.05, 3.63) is 16.6 Å². The maximum atomic E-state index is 10.2. The molecule has 1 rings (SSSR count). The van der Waals surface area contributed by atoms with Crippen LogP contribution in [0.5, 0.6) is 0 Å². The fraction of sp³-hybridized carbons (Fsp3) is 0.429. The summed E-state index contributed by atoms with van der Waals surface area (Å²) in [6, 6.07) is 0. The van der Waals surface area contributed by atoms with Crippen LogP contribution in [0.15, 0.2) is 11.7 Å². The van der Waals surface area contributed by atoms with Gasteiger partial charge in [0.1, 0.15) is 0 Å². The van der Waals surface area contributed by atoms with Crippen molar-refractivity contribution in [2.45, 2.75) is 18.9 Å². The predicted octanol–water partition coefficient (Wildman–Crippen LogP) is 1.04. The number of thiazole rings is 1. The molecule has 0 aliphatic heterocycles. The zero-order chi connectivity index (χ0) is 8.97. The molecule has 0 radical (unpaired) electrons. The second-order valence-corrected chi connectivity index (χ2v) is 3.27. The van der Waals surface area contributed by atoms with Gasteiger partial charge in [0.2, 0.25) is 0 Å². The summed E-state index contributed by atoms with van der Waals surface area (Å²) in [6.07, 6.45) is 1.10. The summed E-state index contributed by atoms with van der Waals surface area (Å²) in [4.78, 5) is 14.7. The summed E-state index contributed by atoms with van der Waals surface area (Å²) in [5, 5.41) is 17.7. The van der Waals surface area contributed by atoms with E-state index in [1.165, 1.54) is 11.3 Å². The van der Waals surface area contributed by atoms with Crippen molar-refractivity contribution < 1.29 is 15.0 Å². The van der Waals surface area contributed by atoms with Gasteiger partial charge in [-0.3, -0.25) is 9.78 Å². The fourth-order valence-corrected chi connectivity index (χ4v) is 1.43. The van der Waals surface area contributed by atoms with Gasteiger partial charge in [0.15, 0.2) is 0 Å². The molecule has 0 bridgehead atoms. The number of nitrogens with zero attached hydrogens (tertiary/aromatic N) is 1. The molecular weight excluding hydrogens is 178 g/mol. The summed E-state index contributed by atoms with van der Waals surface area (Å²) in [7, 11) is 0. The lowest BCUT2D eigenvalue weighted by Gasteiger charge is -2.04. The molecule has 0 fully saturated rings. The third kappa shape index (κ3) is 2.60.